The van der Waals surface area contributed by atoms with Crippen molar-refractivity contribution in [2.24, 2.45) is 5.41 Å². The molecule has 1 heterocycles. The minimum Gasteiger partial charge on any atom is -0.460 e. The second-order valence-electron chi connectivity index (χ2n) is 8.36. The molecule has 0 bridgehead atoms. The predicted octanol–water partition coefficient (Wildman–Crippen LogP) is 3.59. The van der Waals surface area contributed by atoms with E-state index in [-0.39, 0.29) is 12.2 Å². The highest BCUT2D eigenvalue weighted by Gasteiger charge is 2.41. The first-order valence-electron chi connectivity index (χ1n) is 8.00. The second kappa shape index (κ2) is 6.63. The molecule has 0 unspecified atom stereocenters. The summed E-state index contributed by atoms with van der Waals surface area (Å²) in [6, 6.07) is 3.40. The van der Waals surface area contributed by atoms with Crippen LogP contribution in [0.3, 0.4) is 0 Å². The number of esters is 1. The van der Waals surface area contributed by atoms with E-state index in [1.807, 2.05) is 39.5 Å². The van der Waals surface area contributed by atoms with E-state index in [1.165, 1.54) is 0 Å². The van der Waals surface area contributed by atoms with E-state index in [9.17, 15) is 4.79 Å². The third-order valence-corrected chi connectivity index (χ3v) is 6.28. The van der Waals surface area contributed by atoms with E-state index in [4.69, 9.17) is 15.6 Å². The van der Waals surface area contributed by atoms with Gasteiger partial charge in [0.2, 0.25) is 0 Å². The van der Waals surface area contributed by atoms with Crippen molar-refractivity contribution in [1.82, 2.24) is 4.90 Å². The molecule has 126 valence electrons. The lowest BCUT2D eigenvalue weighted by Gasteiger charge is -2.36. The lowest BCUT2D eigenvalue weighted by atomic mass is 9.96. The molecule has 1 aliphatic heterocycles. The van der Waals surface area contributed by atoms with E-state index in [2.05, 4.69) is 19.1 Å². The highest BCUT2D eigenvalue weighted by Crippen LogP contribution is 2.34. The van der Waals surface area contributed by atoms with Crippen LogP contribution >= 0.6 is 0 Å². The zero-order valence-electron chi connectivity index (χ0n) is 15.2. The second-order valence-corrected chi connectivity index (χ2v) is 12.5. The number of hydrogen-bond donors (Lipinski definition) is 0. The van der Waals surface area contributed by atoms with E-state index >= 15 is 0 Å². The van der Waals surface area contributed by atoms with Crippen LogP contribution in [-0.4, -0.2) is 37.6 Å². The van der Waals surface area contributed by atoms with Crippen LogP contribution in [0.4, 0.5) is 0 Å². The fourth-order valence-corrected chi connectivity index (χ4v) is 6.31. The molecule has 5 heteroatoms. The maximum atomic E-state index is 12.4. The first-order valence-corrected chi connectivity index (χ1v) is 11.1. The lowest BCUT2D eigenvalue weighted by molar-refractivity contribution is -0.164. The summed E-state index contributed by atoms with van der Waals surface area (Å²) in [5.41, 5.74) is -1.02. The number of ether oxygens (including phenoxy) is 1. The molecule has 0 saturated carbocycles. The number of hydrogen-bond acceptors (Lipinski definition) is 4. The Kier molecular flexibility index (Phi) is 5.75. The molecule has 0 aromatic rings. The van der Waals surface area contributed by atoms with Crippen LogP contribution in [0.15, 0.2) is 0 Å². The Balaban J connectivity index is 2.69. The lowest BCUT2D eigenvalue weighted by Crippen LogP contribution is -2.45. The van der Waals surface area contributed by atoms with Gasteiger partial charge in [-0.15, -0.1) is 0 Å². The van der Waals surface area contributed by atoms with Gasteiger partial charge in [-0.25, -0.2) is 0 Å². The van der Waals surface area contributed by atoms with Crippen LogP contribution in [0, 0.1) is 17.9 Å². The number of rotatable bonds is 5. The number of carbonyl (C=O) groups is 1. The highest BCUT2D eigenvalue weighted by molar-refractivity contribution is 6.71. The van der Waals surface area contributed by atoms with Gasteiger partial charge in [-0.05, 0) is 66.6 Å². The van der Waals surface area contributed by atoms with Crippen molar-refractivity contribution in [3.63, 3.8) is 0 Å². The molecule has 0 N–H and O–H groups in total. The van der Waals surface area contributed by atoms with E-state index < -0.39 is 19.3 Å². The van der Waals surface area contributed by atoms with Gasteiger partial charge in [0.25, 0.3) is 0 Å². The topological polar surface area (TPSA) is 38.8 Å². The molecule has 0 radical (unpaired) electrons. The van der Waals surface area contributed by atoms with Crippen molar-refractivity contribution >= 4 is 14.3 Å². The predicted molar refractivity (Wildman–Crippen MR) is 91.6 cm³/mol. The Hall–Kier alpha value is -0.993. The number of likely N-dealkylation sites (tertiary alicyclic amines) is 1. The molecule has 4 nitrogen and oxygen atoms in total. The number of carbonyl (C=O) groups excluding carboxylic acids is 1. The Morgan fingerprint density at radius 2 is 1.91 bits per heavy atom. The highest BCUT2D eigenvalue weighted by atomic mass is 28.4. The smallest absolute Gasteiger partial charge is 0.311 e. The molecular formula is C17H31NO3Si. The molecule has 0 spiro atoms. The minimum absolute atomic E-state index is 0.00102. The van der Waals surface area contributed by atoms with Crippen molar-refractivity contribution in [2.75, 3.05) is 6.54 Å². The average Bonchev–Trinajstić information content (AvgIpc) is 2.71. The van der Waals surface area contributed by atoms with E-state index in [0.717, 1.165) is 19.4 Å². The number of nitrogens with zero attached hydrogens (tertiary/aromatic N) is 1. The van der Waals surface area contributed by atoms with Crippen molar-refractivity contribution in [3.8, 4) is 12.5 Å². The van der Waals surface area contributed by atoms with Crippen molar-refractivity contribution in [3.05, 3.63) is 0 Å². The SMILES string of the molecule is C#CN1CCC[C@H]1O[Si](C)(C)CC(C)(C)C(=O)OC(C)(C)C. The zero-order valence-corrected chi connectivity index (χ0v) is 16.2. The normalized spacial score (nSPS) is 19.9. The molecule has 1 rings (SSSR count). The van der Waals surface area contributed by atoms with Gasteiger partial charge in [-0.2, -0.15) is 0 Å². The monoisotopic (exact) mass is 325 g/mol. The summed E-state index contributed by atoms with van der Waals surface area (Å²) in [6.07, 6.45) is 7.56. The largest absolute Gasteiger partial charge is 0.460 e. The molecule has 0 aromatic heterocycles. The molecule has 1 atom stereocenters. The molecule has 1 fully saturated rings. The third kappa shape index (κ3) is 5.66. The van der Waals surface area contributed by atoms with Crippen LogP contribution in [0.1, 0.15) is 47.5 Å². The third-order valence-electron chi connectivity index (χ3n) is 3.64. The Bertz CT molecular complexity index is 446. The first-order chi connectivity index (χ1) is 9.86. The summed E-state index contributed by atoms with van der Waals surface area (Å²) in [7, 11) is -2.04. The molecule has 0 aliphatic carbocycles. The van der Waals surface area contributed by atoms with Crippen LogP contribution in [0.5, 0.6) is 0 Å². The van der Waals surface area contributed by atoms with Crippen LogP contribution < -0.4 is 0 Å². The fraction of sp³-hybridized carbons (Fsp3) is 0.824. The van der Waals surface area contributed by atoms with Crippen LogP contribution in [-0.2, 0) is 14.0 Å². The van der Waals surface area contributed by atoms with Crippen molar-refractivity contribution < 1.29 is 14.0 Å². The van der Waals surface area contributed by atoms with Gasteiger partial charge < -0.3 is 14.1 Å². The Labute approximate surface area is 136 Å². The minimum atomic E-state index is -2.04. The summed E-state index contributed by atoms with van der Waals surface area (Å²) < 4.78 is 11.9. The van der Waals surface area contributed by atoms with Gasteiger partial charge in [0.1, 0.15) is 11.8 Å². The molecule has 0 aromatic carbocycles. The molecule has 1 saturated heterocycles. The Morgan fingerprint density at radius 1 is 1.32 bits per heavy atom. The first kappa shape index (κ1) is 19.1. The van der Waals surface area contributed by atoms with Crippen molar-refractivity contribution in [1.29, 1.82) is 0 Å². The molecule has 1 aliphatic rings. The summed E-state index contributed by atoms with van der Waals surface area (Å²) in [4.78, 5) is 14.3. The van der Waals surface area contributed by atoms with Gasteiger partial charge in [-0.1, -0.05) is 6.42 Å². The van der Waals surface area contributed by atoms with Gasteiger partial charge in [-0.3, -0.25) is 4.79 Å². The summed E-state index contributed by atoms with van der Waals surface area (Å²) >= 11 is 0. The van der Waals surface area contributed by atoms with Gasteiger partial charge in [0.15, 0.2) is 8.32 Å². The summed E-state index contributed by atoms with van der Waals surface area (Å²) in [5.74, 6) is -0.163. The maximum absolute atomic E-state index is 12.4. The van der Waals surface area contributed by atoms with E-state index in [1.54, 1.807) is 0 Å². The summed E-state index contributed by atoms with van der Waals surface area (Å²) in [6.45, 7) is 14.7. The Morgan fingerprint density at radius 3 is 2.41 bits per heavy atom. The van der Waals surface area contributed by atoms with E-state index in [0.29, 0.717) is 6.04 Å². The van der Waals surface area contributed by atoms with Gasteiger partial charge in [0.05, 0.1) is 5.41 Å². The van der Waals surface area contributed by atoms with Crippen LogP contribution in [0.25, 0.3) is 0 Å². The molecule has 22 heavy (non-hydrogen) atoms. The summed E-state index contributed by atoms with van der Waals surface area (Å²) in [5, 5.41) is 0. The average molecular weight is 326 g/mol. The number of terminal acetylenes is 1. The van der Waals surface area contributed by atoms with Crippen molar-refractivity contribution in [2.45, 2.75) is 78.4 Å². The maximum Gasteiger partial charge on any atom is 0.311 e. The van der Waals surface area contributed by atoms with Gasteiger partial charge >= 0.3 is 5.97 Å². The van der Waals surface area contributed by atoms with Crippen LogP contribution in [0.2, 0.25) is 19.1 Å². The molecule has 0 amide bonds. The quantitative estimate of drug-likeness (QED) is 0.440. The standard InChI is InChI=1S/C17H31NO3Si/c1-9-18-12-10-11-14(18)21-22(7,8)13-17(5,6)15(19)20-16(2,3)4/h1,14H,10-13H2,2-8H3/t14-/m1/s1. The molecular weight excluding hydrogens is 294 g/mol. The fourth-order valence-electron chi connectivity index (χ4n) is 2.97. The zero-order chi connectivity index (χ0) is 17.2. The van der Waals surface area contributed by atoms with Gasteiger partial charge in [0, 0.05) is 12.6 Å².